The molecule has 0 aliphatic carbocycles. The molecule has 0 aromatic heterocycles. The predicted octanol–water partition coefficient (Wildman–Crippen LogP) is 2.48. The lowest BCUT2D eigenvalue weighted by molar-refractivity contribution is 0.114. The second kappa shape index (κ2) is 5.10. The van der Waals surface area contributed by atoms with Gasteiger partial charge in [0.1, 0.15) is 11.6 Å². The first-order valence-corrected chi connectivity index (χ1v) is 6.00. The molecule has 1 aliphatic rings. The van der Waals surface area contributed by atoms with Crippen LogP contribution in [0.4, 0.5) is 8.78 Å². The highest BCUT2D eigenvalue weighted by atomic mass is 19.1. The van der Waals surface area contributed by atoms with E-state index in [0.717, 1.165) is 25.6 Å². The summed E-state index contributed by atoms with van der Waals surface area (Å²) in [6, 6.07) is 3.22. The molecule has 2 unspecified atom stereocenters. The lowest BCUT2D eigenvalue weighted by atomic mass is 10.0. The normalized spacial score (nSPS) is 25.4. The molecule has 2 nitrogen and oxygen atoms in total. The van der Waals surface area contributed by atoms with Crippen LogP contribution in [0.25, 0.3) is 0 Å². The van der Waals surface area contributed by atoms with E-state index < -0.39 is 17.7 Å². The second-order valence-electron chi connectivity index (χ2n) is 4.50. The van der Waals surface area contributed by atoms with Crippen molar-refractivity contribution in [1.82, 2.24) is 4.90 Å². The Hall–Kier alpha value is -1.00. The zero-order chi connectivity index (χ0) is 12.4. The summed E-state index contributed by atoms with van der Waals surface area (Å²) in [5.41, 5.74) is 0.393. The standard InChI is InChI=1S/C13H17F2NO/c1-2-6-16-7-5-12(17)13(16)10-4-3-9(14)8-11(10)15/h3-4,8,12-13,17H,2,5-7H2,1H3. The number of aliphatic hydroxyl groups is 1. The maximum Gasteiger partial charge on any atom is 0.131 e. The molecule has 2 rings (SSSR count). The van der Waals surface area contributed by atoms with Crippen molar-refractivity contribution in [3.63, 3.8) is 0 Å². The zero-order valence-corrected chi connectivity index (χ0v) is 9.87. The summed E-state index contributed by atoms with van der Waals surface area (Å²) in [7, 11) is 0. The molecule has 1 heterocycles. The molecule has 0 spiro atoms. The van der Waals surface area contributed by atoms with Crippen molar-refractivity contribution in [2.75, 3.05) is 13.1 Å². The number of likely N-dealkylation sites (tertiary alicyclic amines) is 1. The molecule has 2 atom stereocenters. The van der Waals surface area contributed by atoms with Gasteiger partial charge in [-0.2, -0.15) is 0 Å². The number of rotatable bonds is 3. The fourth-order valence-corrected chi connectivity index (χ4v) is 2.52. The van der Waals surface area contributed by atoms with Crippen molar-refractivity contribution < 1.29 is 13.9 Å². The SMILES string of the molecule is CCCN1CCC(O)C1c1ccc(F)cc1F. The maximum absolute atomic E-state index is 13.7. The van der Waals surface area contributed by atoms with Gasteiger partial charge in [-0.1, -0.05) is 13.0 Å². The van der Waals surface area contributed by atoms with Crippen LogP contribution in [-0.2, 0) is 0 Å². The lowest BCUT2D eigenvalue weighted by Crippen LogP contribution is -2.28. The minimum atomic E-state index is -0.583. The van der Waals surface area contributed by atoms with Gasteiger partial charge in [0, 0.05) is 18.2 Å². The quantitative estimate of drug-likeness (QED) is 0.878. The van der Waals surface area contributed by atoms with E-state index in [1.165, 1.54) is 12.1 Å². The summed E-state index contributed by atoms with van der Waals surface area (Å²) in [5.74, 6) is -1.15. The van der Waals surface area contributed by atoms with E-state index in [2.05, 4.69) is 4.90 Å². The molecule has 1 fully saturated rings. The van der Waals surface area contributed by atoms with Crippen molar-refractivity contribution in [1.29, 1.82) is 0 Å². The Bertz CT molecular complexity index is 395. The van der Waals surface area contributed by atoms with Crippen molar-refractivity contribution in [3.8, 4) is 0 Å². The molecule has 4 heteroatoms. The van der Waals surface area contributed by atoms with E-state index in [1.807, 2.05) is 6.92 Å². The molecule has 94 valence electrons. The number of halogens is 2. The first kappa shape index (κ1) is 12.5. The van der Waals surface area contributed by atoms with E-state index >= 15 is 0 Å². The fraction of sp³-hybridized carbons (Fsp3) is 0.538. The van der Waals surface area contributed by atoms with Gasteiger partial charge in [0.05, 0.1) is 12.1 Å². The highest BCUT2D eigenvalue weighted by molar-refractivity contribution is 5.24. The van der Waals surface area contributed by atoms with E-state index in [4.69, 9.17) is 0 Å². The van der Waals surface area contributed by atoms with Crippen LogP contribution in [0.3, 0.4) is 0 Å². The summed E-state index contributed by atoms with van der Waals surface area (Å²) in [6.45, 7) is 3.62. The predicted molar refractivity (Wildman–Crippen MR) is 61.6 cm³/mol. The zero-order valence-electron chi connectivity index (χ0n) is 9.87. The summed E-state index contributed by atoms with van der Waals surface area (Å²) in [5, 5.41) is 9.93. The topological polar surface area (TPSA) is 23.5 Å². The van der Waals surface area contributed by atoms with E-state index in [-0.39, 0.29) is 6.04 Å². The lowest BCUT2D eigenvalue weighted by Gasteiger charge is -2.26. The molecule has 0 amide bonds. The van der Waals surface area contributed by atoms with Gasteiger partial charge in [-0.05, 0) is 25.5 Å². The van der Waals surface area contributed by atoms with Crippen LogP contribution < -0.4 is 0 Å². The largest absolute Gasteiger partial charge is 0.391 e. The van der Waals surface area contributed by atoms with E-state index in [1.54, 1.807) is 0 Å². The molecule has 1 aliphatic heterocycles. The third-order valence-electron chi connectivity index (χ3n) is 3.26. The Labute approximate surface area is 99.9 Å². The fourth-order valence-electron chi connectivity index (χ4n) is 2.52. The molecule has 1 aromatic carbocycles. The summed E-state index contributed by atoms with van der Waals surface area (Å²) >= 11 is 0. The molecule has 1 saturated heterocycles. The van der Waals surface area contributed by atoms with Crippen LogP contribution in [0.5, 0.6) is 0 Å². The van der Waals surface area contributed by atoms with Crippen LogP contribution in [-0.4, -0.2) is 29.2 Å². The Kier molecular flexibility index (Phi) is 3.74. The average Bonchev–Trinajstić information content (AvgIpc) is 2.62. The van der Waals surface area contributed by atoms with Gasteiger partial charge in [-0.25, -0.2) is 8.78 Å². The van der Waals surface area contributed by atoms with Gasteiger partial charge >= 0.3 is 0 Å². The summed E-state index contributed by atoms with van der Waals surface area (Å²) in [6.07, 6.45) is 1.02. The Morgan fingerprint density at radius 1 is 1.41 bits per heavy atom. The minimum absolute atomic E-state index is 0.337. The van der Waals surface area contributed by atoms with Gasteiger partial charge in [-0.3, -0.25) is 4.90 Å². The van der Waals surface area contributed by atoms with Crippen LogP contribution in [0, 0.1) is 11.6 Å². The molecule has 0 radical (unpaired) electrons. The van der Waals surface area contributed by atoms with Crippen molar-refractivity contribution >= 4 is 0 Å². The third kappa shape index (κ3) is 2.48. The van der Waals surface area contributed by atoms with Gasteiger partial charge in [0.2, 0.25) is 0 Å². The maximum atomic E-state index is 13.7. The van der Waals surface area contributed by atoms with Crippen LogP contribution in [0.1, 0.15) is 31.4 Å². The summed E-state index contributed by atoms with van der Waals surface area (Å²) < 4.78 is 26.6. The second-order valence-corrected chi connectivity index (χ2v) is 4.50. The summed E-state index contributed by atoms with van der Waals surface area (Å²) in [4.78, 5) is 2.06. The monoisotopic (exact) mass is 241 g/mol. The highest BCUT2D eigenvalue weighted by Gasteiger charge is 2.34. The smallest absolute Gasteiger partial charge is 0.131 e. The average molecular weight is 241 g/mol. The molecular formula is C13H17F2NO. The van der Waals surface area contributed by atoms with Gasteiger partial charge in [0.15, 0.2) is 0 Å². The van der Waals surface area contributed by atoms with Crippen molar-refractivity contribution in [2.24, 2.45) is 0 Å². The first-order valence-electron chi connectivity index (χ1n) is 6.00. The number of nitrogens with zero attached hydrogens (tertiary/aromatic N) is 1. The number of benzene rings is 1. The third-order valence-corrected chi connectivity index (χ3v) is 3.26. The molecule has 0 saturated carbocycles. The number of hydrogen-bond donors (Lipinski definition) is 1. The van der Waals surface area contributed by atoms with Crippen molar-refractivity contribution in [3.05, 3.63) is 35.4 Å². The van der Waals surface area contributed by atoms with Gasteiger partial charge in [0.25, 0.3) is 0 Å². The van der Waals surface area contributed by atoms with Crippen molar-refractivity contribution in [2.45, 2.75) is 31.9 Å². The number of aliphatic hydroxyl groups excluding tert-OH is 1. The molecule has 1 N–H and O–H groups in total. The first-order chi connectivity index (χ1) is 8.13. The van der Waals surface area contributed by atoms with E-state index in [0.29, 0.717) is 12.0 Å². The van der Waals surface area contributed by atoms with Crippen LogP contribution in [0.15, 0.2) is 18.2 Å². The number of hydrogen-bond acceptors (Lipinski definition) is 2. The van der Waals surface area contributed by atoms with Crippen LogP contribution in [0.2, 0.25) is 0 Å². The van der Waals surface area contributed by atoms with Gasteiger partial charge in [-0.15, -0.1) is 0 Å². The van der Waals surface area contributed by atoms with Gasteiger partial charge < -0.3 is 5.11 Å². The molecule has 17 heavy (non-hydrogen) atoms. The minimum Gasteiger partial charge on any atom is -0.391 e. The Morgan fingerprint density at radius 2 is 2.18 bits per heavy atom. The van der Waals surface area contributed by atoms with Crippen LogP contribution >= 0.6 is 0 Å². The highest BCUT2D eigenvalue weighted by Crippen LogP contribution is 2.33. The van der Waals surface area contributed by atoms with E-state index in [9.17, 15) is 13.9 Å². The molecule has 0 bridgehead atoms. The molecule has 1 aromatic rings. The molecular weight excluding hydrogens is 224 g/mol. The Balaban J connectivity index is 2.29. The Morgan fingerprint density at radius 3 is 2.82 bits per heavy atom.